The second-order valence-electron chi connectivity index (χ2n) is 7.31. The molecule has 2 N–H and O–H groups in total. The lowest BCUT2D eigenvalue weighted by molar-refractivity contribution is -0.143. The predicted molar refractivity (Wildman–Crippen MR) is 120 cm³/mol. The van der Waals surface area contributed by atoms with Crippen molar-refractivity contribution in [1.29, 1.82) is 0 Å². The van der Waals surface area contributed by atoms with Crippen LogP contribution in [0.1, 0.15) is 19.0 Å². The number of nitrogens with zero attached hydrogens (tertiary/aromatic N) is 2. The Morgan fingerprint density at radius 2 is 2.00 bits per heavy atom. The standard InChI is InChI=1S/C23H26N4O4/c1-2-31-20(28)8-5-18-15-16-9-10-24-23(29)21(16)22(26-18)25-17-3-6-19(7-4-17)27-11-13-30-14-12-27/h3-4,6-7,9-10,15H,2,5,8,11-14H2,1H3,(H,24,29)(H,25,26). The van der Waals surface area contributed by atoms with Gasteiger partial charge in [0.25, 0.3) is 5.56 Å². The lowest BCUT2D eigenvalue weighted by Gasteiger charge is -2.28. The molecule has 0 bridgehead atoms. The fourth-order valence-corrected chi connectivity index (χ4v) is 3.67. The van der Waals surface area contributed by atoms with Gasteiger partial charge in [0.1, 0.15) is 5.82 Å². The largest absolute Gasteiger partial charge is 0.466 e. The summed E-state index contributed by atoms with van der Waals surface area (Å²) < 4.78 is 10.4. The van der Waals surface area contributed by atoms with E-state index in [2.05, 4.69) is 20.2 Å². The van der Waals surface area contributed by atoms with Crippen LogP contribution in [0.4, 0.5) is 17.2 Å². The highest BCUT2D eigenvalue weighted by molar-refractivity contribution is 5.93. The first-order valence-electron chi connectivity index (χ1n) is 10.5. The summed E-state index contributed by atoms with van der Waals surface area (Å²) in [7, 11) is 0. The number of nitrogens with one attached hydrogen (secondary N) is 2. The summed E-state index contributed by atoms with van der Waals surface area (Å²) in [5, 5.41) is 4.53. The number of hydrogen-bond acceptors (Lipinski definition) is 7. The highest BCUT2D eigenvalue weighted by Gasteiger charge is 2.13. The molecular weight excluding hydrogens is 396 g/mol. The number of anilines is 3. The Labute approximate surface area is 180 Å². The van der Waals surface area contributed by atoms with Gasteiger partial charge in [0.05, 0.1) is 31.6 Å². The molecule has 0 atom stereocenters. The van der Waals surface area contributed by atoms with E-state index >= 15 is 0 Å². The second-order valence-corrected chi connectivity index (χ2v) is 7.31. The van der Waals surface area contributed by atoms with E-state index in [9.17, 15) is 9.59 Å². The number of ether oxygens (including phenoxy) is 2. The maximum absolute atomic E-state index is 12.5. The van der Waals surface area contributed by atoms with Gasteiger partial charge < -0.3 is 24.7 Å². The van der Waals surface area contributed by atoms with Gasteiger partial charge in [-0.2, -0.15) is 0 Å². The van der Waals surface area contributed by atoms with Crippen LogP contribution in [0.2, 0.25) is 0 Å². The molecule has 0 radical (unpaired) electrons. The predicted octanol–water partition coefficient (Wildman–Crippen LogP) is 3.00. The number of carbonyl (C=O) groups is 1. The van der Waals surface area contributed by atoms with Gasteiger partial charge in [-0.05, 0) is 48.7 Å². The number of aryl methyl sites for hydroxylation is 1. The minimum atomic E-state index is -0.261. The molecular formula is C23H26N4O4. The highest BCUT2D eigenvalue weighted by Crippen LogP contribution is 2.25. The molecule has 0 aliphatic carbocycles. The molecule has 0 spiro atoms. The topological polar surface area (TPSA) is 96.5 Å². The van der Waals surface area contributed by atoms with Crippen LogP contribution < -0.4 is 15.8 Å². The zero-order valence-electron chi connectivity index (χ0n) is 17.5. The summed E-state index contributed by atoms with van der Waals surface area (Å²) in [6, 6.07) is 11.7. The van der Waals surface area contributed by atoms with Crippen molar-refractivity contribution >= 4 is 33.9 Å². The minimum Gasteiger partial charge on any atom is -0.466 e. The number of aromatic amines is 1. The maximum atomic E-state index is 12.5. The number of benzene rings is 1. The van der Waals surface area contributed by atoms with Gasteiger partial charge >= 0.3 is 5.97 Å². The van der Waals surface area contributed by atoms with Crippen molar-refractivity contribution in [2.24, 2.45) is 0 Å². The lowest BCUT2D eigenvalue weighted by atomic mass is 10.1. The number of morpholine rings is 1. The molecule has 0 saturated carbocycles. The quantitative estimate of drug-likeness (QED) is 0.565. The second kappa shape index (κ2) is 9.61. The van der Waals surface area contributed by atoms with Crippen molar-refractivity contribution in [3.05, 3.63) is 58.6 Å². The summed E-state index contributed by atoms with van der Waals surface area (Å²) in [6.45, 7) is 5.35. The average molecular weight is 422 g/mol. The van der Waals surface area contributed by atoms with Crippen molar-refractivity contribution < 1.29 is 14.3 Å². The number of esters is 1. The number of fused-ring (bicyclic) bond motifs is 1. The van der Waals surface area contributed by atoms with Gasteiger partial charge in [-0.25, -0.2) is 4.98 Å². The van der Waals surface area contributed by atoms with Crippen molar-refractivity contribution in [2.45, 2.75) is 19.8 Å². The molecule has 3 aromatic rings. The third kappa shape index (κ3) is 5.03. The van der Waals surface area contributed by atoms with E-state index < -0.39 is 0 Å². The third-order valence-electron chi connectivity index (χ3n) is 5.20. The van der Waals surface area contributed by atoms with Gasteiger partial charge in [-0.3, -0.25) is 9.59 Å². The summed E-state index contributed by atoms with van der Waals surface area (Å²) in [6.07, 6.45) is 2.29. The van der Waals surface area contributed by atoms with Crippen LogP contribution in [0.5, 0.6) is 0 Å². The Balaban J connectivity index is 1.59. The molecule has 0 unspecified atom stereocenters. The molecule has 8 heteroatoms. The van der Waals surface area contributed by atoms with Crippen LogP contribution in [0.3, 0.4) is 0 Å². The van der Waals surface area contributed by atoms with Crippen LogP contribution >= 0.6 is 0 Å². The molecule has 4 rings (SSSR count). The smallest absolute Gasteiger partial charge is 0.306 e. The first kappa shape index (κ1) is 20.9. The molecule has 3 heterocycles. The summed E-state index contributed by atoms with van der Waals surface area (Å²) >= 11 is 0. The monoisotopic (exact) mass is 422 g/mol. The lowest BCUT2D eigenvalue weighted by Crippen LogP contribution is -2.36. The van der Waals surface area contributed by atoms with E-state index in [0.717, 1.165) is 48.8 Å². The number of rotatable bonds is 7. The molecule has 1 aliphatic heterocycles. The molecule has 1 saturated heterocycles. The molecule has 2 aromatic heterocycles. The van der Waals surface area contributed by atoms with Crippen LogP contribution in [0.15, 0.2) is 47.4 Å². The summed E-state index contributed by atoms with van der Waals surface area (Å²) in [4.78, 5) is 33.9. The molecule has 8 nitrogen and oxygen atoms in total. The Hall–Kier alpha value is -3.39. The molecule has 31 heavy (non-hydrogen) atoms. The van der Waals surface area contributed by atoms with Crippen LogP contribution in [0, 0.1) is 0 Å². The molecule has 1 aromatic carbocycles. The van der Waals surface area contributed by atoms with Crippen molar-refractivity contribution in [2.75, 3.05) is 43.1 Å². The van der Waals surface area contributed by atoms with Crippen LogP contribution in [0.25, 0.3) is 10.8 Å². The molecule has 162 valence electrons. The Morgan fingerprint density at radius 1 is 1.23 bits per heavy atom. The van der Waals surface area contributed by atoms with Crippen molar-refractivity contribution in [3.63, 3.8) is 0 Å². The van der Waals surface area contributed by atoms with Crippen LogP contribution in [-0.2, 0) is 20.7 Å². The SMILES string of the molecule is CCOC(=O)CCc1cc2cc[nH]c(=O)c2c(Nc2ccc(N3CCOCC3)cc2)n1. The molecule has 1 fully saturated rings. The first-order chi connectivity index (χ1) is 15.1. The summed E-state index contributed by atoms with van der Waals surface area (Å²) in [5.74, 6) is 0.209. The number of aromatic nitrogens is 2. The first-order valence-corrected chi connectivity index (χ1v) is 10.5. The van der Waals surface area contributed by atoms with Gasteiger partial charge in [-0.1, -0.05) is 0 Å². The van der Waals surface area contributed by atoms with Gasteiger partial charge in [0, 0.05) is 42.8 Å². The number of pyridine rings is 2. The summed E-state index contributed by atoms with van der Waals surface area (Å²) in [5.41, 5.74) is 2.47. The fraction of sp³-hybridized carbons (Fsp3) is 0.348. The van der Waals surface area contributed by atoms with Crippen molar-refractivity contribution in [3.8, 4) is 0 Å². The Morgan fingerprint density at radius 3 is 2.74 bits per heavy atom. The van der Waals surface area contributed by atoms with E-state index in [1.807, 2.05) is 36.4 Å². The fourth-order valence-electron chi connectivity index (χ4n) is 3.67. The number of carbonyl (C=O) groups excluding carboxylic acids is 1. The minimum absolute atomic E-state index is 0.214. The van der Waals surface area contributed by atoms with E-state index in [1.54, 1.807) is 13.1 Å². The molecule has 0 amide bonds. The van der Waals surface area contributed by atoms with Crippen LogP contribution in [-0.4, -0.2) is 48.8 Å². The van der Waals surface area contributed by atoms with Crippen molar-refractivity contribution in [1.82, 2.24) is 9.97 Å². The van der Waals surface area contributed by atoms with Gasteiger partial charge in [-0.15, -0.1) is 0 Å². The number of H-pyrrole nitrogens is 1. The maximum Gasteiger partial charge on any atom is 0.306 e. The Bertz CT molecular complexity index is 1100. The Kier molecular flexibility index (Phi) is 6.47. The number of hydrogen-bond donors (Lipinski definition) is 2. The van der Waals surface area contributed by atoms with E-state index in [0.29, 0.717) is 24.2 Å². The van der Waals surface area contributed by atoms with E-state index in [4.69, 9.17) is 9.47 Å². The van der Waals surface area contributed by atoms with Gasteiger partial charge in [0.2, 0.25) is 0 Å². The zero-order valence-corrected chi connectivity index (χ0v) is 17.5. The van der Waals surface area contributed by atoms with E-state index in [-0.39, 0.29) is 17.9 Å². The van der Waals surface area contributed by atoms with Gasteiger partial charge in [0.15, 0.2) is 0 Å². The third-order valence-corrected chi connectivity index (χ3v) is 5.20. The molecule has 1 aliphatic rings. The zero-order chi connectivity index (χ0) is 21.6. The average Bonchev–Trinajstić information content (AvgIpc) is 2.79. The van der Waals surface area contributed by atoms with E-state index in [1.165, 1.54) is 0 Å². The highest BCUT2D eigenvalue weighted by atomic mass is 16.5. The normalized spacial score (nSPS) is 13.9.